The number of nitrogens with zero attached hydrogens (tertiary/aromatic N) is 2. The molecule has 0 fully saturated rings. The van der Waals surface area contributed by atoms with Gasteiger partial charge >= 0.3 is 12.1 Å². The van der Waals surface area contributed by atoms with Crippen LogP contribution in [0.25, 0.3) is 10.9 Å². The molecule has 1 amide bonds. The first-order chi connectivity index (χ1) is 12.3. The van der Waals surface area contributed by atoms with E-state index < -0.39 is 23.6 Å². The minimum absolute atomic E-state index is 0.0137. The number of pyridine rings is 1. The Kier molecular flexibility index (Phi) is 4.33. The van der Waals surface area contributed by atoms with Crippen molar-refractivity contribution in [3.8, 4) is 0 Å². The zero-order valence-electron chi connectivity index (χ0n) is 12.9. The number of carboxylic acid groups (broad SMARTS) is 1. The van der Waals surface area contributed by atoms with Crippen LogP contribution in [0.1, 0.15) is 32.0 Å². The van der Waals surface area contributed by atoms with Crippen LogP contribution < -0.4 is 5.32 Å². The molecule has 2 N–H and O–H groups in total. The monoisotopic (exact) mass is 365 g/mol. The van der Waals surface area contributed by atoms with Gasteiger partial charge in [-0.15, -0.1) is 0 Å². The van der Waals surface area contributed by atoms with Gasteiger partial charge in [0.15, 0.2) is 0 Å². The standard InChI is InChI=1S/C16H10F3N3O4/c17-16(18,19)11-3-1-2-8-9(4-5-20-13(8)11)14(23)21-6-12-10(15(24)25)7-26-22-12/h1-5,7H,6H2,(H,21,23)(H,24,25). The van der Waals surface area contributed by atoms with E-state index in [-0.39, 0.29) is 34.3 Å². The molecule has 2 heterocycles. The van der Waals surface area contributed by atoms with Gasteiger partial charge in [0.05, 0.1) is 23.2 Å². The molecule has 134 valence electrons. The summed E-state index contributed by atoms with van der Waals surface area (Å²) in [6.45, 7) is -0.264. The van der Waals surface area contributed by atoms with E-state index in [1.165, 1.54) is 18.2 Å². The van der Waals surface area contributed by atoms with E-state index in [1.54, 1.807) is 0 Å². The van der Waals surface area contributed by atoms with Crippen molar-refractivity contribution in [2.45, 2.75) is 12.7 Å². The normalized spacial score (nSPS) is 11.5. The van der Waals surface area contributed by atoms with E-state index in [4.69, 9.17) is 5.11 Å². The van der Waals surface area contributed by atoms with Crippen LogP contribution in [-0.2, 0) is 12.7 Å². The lowest BCUT2D eigenvalue weighted by Gasteiger charge is -2.12. The average molecular weight is 365 g/mol. The second kappa shape index (κ2) is 6.47. The number of hydrogen-bond acceptors (Lipinski definition) is 5. The Morgan fingerprint density at radius 3 is 2.65 bits per heavy atom. The highest BCUT2D eigenvalue weighted by Crippen LogP contribution is 2.34. The fourth-order valence-corrected chi connectivity index (χ4v) is 2.42. The van der Waals surface area contributed by atoms with Gasteiger partial charge in [0, 0.05) is 11.6 Å². The first kappa shape index (κ1) is 17.4. The minimum Gasteiger partial charge on any atom is -0.478 e. The molecule has 0 atom stereocenters. The Balaban J connectivity index is 1.92. The molecule has 0 saturated carbocycles. The zero-order chi connectivity index (χ0) is 18.9. The van der Waals surface area contributed by atoms with Crippen molar-refractivity contribution >= 4 is 22.8 Å². The Morgan fingerprint density at radius 2 is 1.96 bits per heavy atom. The number of alkyl halides is 3. The fraction of sp³-hybridized carbons (Fsp3) is 0.125. The lowest BCUT2D eigenvalue weighted by Crippen LogP contribution is -2.24. The van der Waals surface area contributed by atoms with E-state index in [1.807, 2.05) is 0 Å². The van der Waals surface area contributed by atoms with Gasteiger partial charge in [-0.05, 0) is 12.1 Å². The van der Waals surface area contributed by atoms with E-state index >= 15 is 0 Å². The van der Waals surface area contributed by atoms with E-state index in [0.29, 0.717) is 0 Å². The Hall–Kier alpha value is -3.43. The molecule has 0 aliphatic rings. The zero-order valence-corrected chi connectivity index (χ0v) is 12.9. The fourth-order valence-electron chi connectivity index (χ4n) is 2.42. The number of carbonyl (C=O) groups is 2. The summed E-state index contributed by atoms with van der Waals surface area (Å²) in [5.74, 6) is -1.98. The maximum Gasteiger partial charge on any atom is 0.418 e. The summed E-state index contributed by atoms with van der Waals surface area (Å²) < 4.78 is 43.8. The van der Waals surface area contributed by atoms with Gasteiger partial charge in [0.1, 0.15) is 17.5 Å². The molecule has 0 aliphatic carbocycles. The van der Waals surface area contributed by atoms with Gasteiger partial charge in [0.25, 0.3) is 5.91 Å². The molecule has 0 saturated heterocycles. The number of aromatic carboxylic acids is 1. The van der Waals surface area contributed by atoms with Gasteiger partial charge in [-0.2, -0.15) is 13.2 Å². The Morgan fingerprint density at radius 1 is 1.19 bits per heavy atom. The molecule has 0 aliphatic heterocycles. The smallest absolute Gasteiger partial charge is 0.418 e. The third kappa shape index (κ3) is 3.21. The number of para-hydroxylation sites is 1. The van der Waals surface area contributed by atoms with Crippen molar-refractivity contribution in [3.05, 3.63) is 59.1 Å². The summed E-state index contributed by atoms with van der Waals surface area (Å²) in [4.78, 5) is 27.1. The molecule has 0 unspecified atom stereocenters. The van der Waals surface area contributed by atoms with Crippen molar-refractivity contribution < 1.29 is 32.4 Å². The lowest BCUT2D eigenvalue weighted by atomic mass is 10.0. The predicted molar refractivity (Wildman–Crippen MR) is 81.4 cm³/mol. The molecular weight excluding hydrogens is 355 g/mol. The van der Waals surface area contributed by atoms with Crippen LogP contribution in [0, 0.1) is 0 Å². The van der Waals surface area contributed by atoms with Gasteiger partial charge < -0.3 is 14.9 Å². The van der Waals surface area contributed by atoms with Gasteiger partial charge in [-0.1, -0.05) is 17.3 Å². The highest BCUT2D eigenvalue weighted by atomic mass is 19.4. The Bertz CT molecular complexity index is 998. The van der Waals surface area contributed by atoms with Crippen molar-refractivity contribution in [2.24, 2.45) is 0 Å². The van der Waals surface area contributed by atoms with E-state index in [0.717, 1.165) is 18.5 Å². The number of fused-ring (bicyclic) bond motifs is 1. The predicted octanol–water partition coefficient (Wildman–Crippen LogP) is 2.87. The molecule has 3 rings (SSSR count). The van der Waals surface area contributed by atoms with Crippen LogP contribution in [0.4, 0.5) is 13.2 Å². The number of carbonyl (C=O) groups excluding carboxylic acids is 1. The second-order valence-electron chi connectivity index (χ2n) is 5.22. The third-order valence-electron chi connectivity index (χ3n) is 3.61. The van der Waals surface area contributed by atoms with Gasteiger partial charge in [-0.25, -0.2) is 4.79 Å². The molecule has 7 nitrogen and oxygen atoms in total. The van der Waals surface area contributed by atoms with Gasteiger partial charge in [-0.3, -0.25) is 9.78 Å². The van der Waals surface area contributed by atoms with Crippen molar-refractivity contribution in [1.82, 2.24) is 15.5 Å². The maximum atomic E-state index is 13.1. The number of nitrogens with one attached hydrogen (secondary N) is 1. The number of aromatic nitrogens is 2. The molecule has 2 aromatic heterocycles. The van der Waals surface area contributed by atoms with Crippen molar-refractivity contribution in [2.75, 3.05) is 0 Å². The summed E-state index contributed by atoms with van der Waals surface area (Å²) >= 11 is 0. The van der Waals surface area contributed by atoms with Crippen LogP contribution in [0.2, 0.25) is 0 Å². The van der Waals surface area contributed by atoms with Gasteiger partial charge in [0.2, 0.25) is 0 Å². The molecule has 3 aromatic rings. The number of hydrogen-bond donors (Lipinski definition) is 2. The largest absolute Gasteiger partial charge is 0.478 e. The van der Waals surface area contributed by atoms with E-state index in [2.05, 4.69) is 20.0 Å². The van der Waals surface area contributed by atoms with Crippen LogP contribution in [0.15, 0.2) is 41.2 Å². The molecule has 26 heavy (non-hydrogen) atoms. The lowest BCUT2D eigenvalue weighted by molar-refractivity contribution is -0.136. The SMILES string of the molecule is O=C(O)c1conc1CNC(=O)c1ccnc2c(C(F)(F)F)cccc12. The maximum absolute atomic E-state index is 13.1. The first-order valence-electron chi connectivity index (χ1n) is 7.18. The van der Waals surface area contributed by atoms with Crippen LogP contribution in [-0.4, -0.2) is 27.1 Å². The molecule has 0 bridgehead atoms. The molecule has 1 aromatic carbocycles. The quantitative estimate of drug-likeness (QED) is 0.737. The highest BCUT2D eigenvalue weighted by molar-refractivity contribution is 6.06. The average Bonchev–Trinajstić information content (AvgIpc) is 3.06. The molecule has 0 spiro atoms. The number of carboxylic acids is 1. The third-order valence-corrected chi connectivity index (χ3v) is 3.61. The van der Waals surface area contributed by atoms with Crippen molar-refractivity contribution in [1.29, 1.82) is 0 Å². The van der Waals surface area contributed by atoms with Crippen molar-refractivity contribution in [3.63, 3.8) is 0 Å². The summed E-state index contributed by atoms with van der Waals surface area (Å²) in [5, 5.41) is 14.9. The van der Waals surface area contributed by atoms with E-state index in [9.17, 15) is 22.8 Å². The second-order valence-corrected chi connectivity index (χ2v) is 5.22. The Labute approximate surface area is 143 Å². The summed E-state index contributed by atoms with van der Waals surface area (Å²) in [6, 6.07) is 4.69. The number of halogens is 3. The van der Waals surface area contributed by atoms with Crippen LogP contribution in [0.5, 0.6) is 0 Å². The molecule has 10 heteroatoms. The topological polar surface area (TPSA) is 105 Å². The molecule has 0 radical (unpaired) electrons. The number of amides is 1. The van der Waals surface area contributed by atoms with Crippen LogP contribution >= 0.6 is 0 Å². The molecular formula is C16H10F3N3O4. The summed E-state index contributed by atoms with van der Waals surface area (Å²) in [5.41, 5.74) is -1.56. The highest BCUT2D eigenvalue weighted by Gasteiger charge is 2.33. The van der Waals surface area contributed by atoms with Crippen LogP contribution in [0.3, 0.4) is 0 Å². The minimum atomic E-state index is -4.61. The number of rotatable bonds is 4. The number of benzene rings is 1. The summed E-state index contributed by atoms with van der Waals surface area (Å²) in [6.07, 6.45) is -2.59. The summed E-state index contributed by atoms with van der Waals surface area (Å²) in [7, 11) is 0. The first-order valence-corrected chi connectivity index (χ1v) is 7.18.